The third kappa shape index (κ3) is 3.71. The third-order valence-corrected chi connectivity index (χ3v) is 4.21. The van der Waals surface area contributed by atoms with Crippen LogP contribution < -0.4 is 15.5 Å². The summed E-state index contributed by atoms with van der Waals surface area (Å²) in [7, 11) is 3.69. The molecule has 0 unspecified atom stereocenters. The summed E-state index contributed by atoms with van der Waals surface area (Å²) in [5.74, 6) is 0.666. The van der Waals surface area contributed by atoms with Gasteiger partial charge in [0.25, 0.3) is 0 Å². The number of ether oxygens (including phenoxy) is 1. The van der Waals surface area contributed by atoms with Crippen molar-refractivity contribution in [3.8, 4) is 0 Å². The minimum absolute atomic E-state index is 0.280. The molecule has 2 amide bonds. The molecule has 0 fully saturated rings. The summed E-state index contributed by atoms with van der Waals surface area (Å²) >= 11 is 0. The summed E-state index contributed by atoms with van der Waals surface area (Å²) < 4.78 is 10.5. The Kier molecular flexibility index (Phi) is 5.05. The molecular weight excluding hydrogens is 306 g/mol. The van der Waals surface area contributed by atoms with Crippen molar-refractivity contribution in [2.24, 2.45) is 0 Å². The fraction of sp³-hybridized carbons (Fsp3) is 0.389. The van der Waals surface area contributed by atoms with Crippen LogP contribution in [0.1, 0.15) is 23.8 Å². The topological polar surface area (TPSA) is 66.7 Å². The average molecular weight is 329 g/mol. The number of benzene rings is 1. The minimum Gasteiger partial charge on any atom is -0.467 e. The predicted octanol–water partition coefficient (Wildman–Crippen LogP) is 3.17. The van der Waals surface area contributed by atoms with Crippen LogP contribution >= 0.6 is 0 Å². The number of carbonyl (C=O) groups excluding carboxylic acids is 1. The second-order valence-corrected chi connectivity index (χ2v) is 5.99. The first kappa shape index (κ1) is 16.4. The molecule has 0 bridgehead atoms. The molecule has 24 heavy (non-hydrogen) atoms. The van der Waals surface area contributed by atoms with Crippen molar-refractivity contribution >= 4 is 17.4 Å². The first-order chi connectivity index (χ1) is 11.7. The molecule has 1 aromatic carbocycles. The van der Waals surface area contributed by atoms with Crippen molar-refractivity contribution in [3.05, 3.63) is 47.9 Å². The number of rotatable bonds is 5. The number of anilines is 2. The van der Waals surface area contributed by atoms with Crippen LogP contribution in [-0.4, -0.2) is 33.3 Å². The van der Waals surface area contributed by atoms with E-state index in [1.54, 1.807) is 19.4 Å². The first-order valence-electron chi connectivity index (χ1n) is 8.11. The van der Waals surface area contributed by atoms with Crippen molar-refractivity contribution in [2.45, 2.75) is 18.9 Å². The predicted molar refractivity (Wildman–Crippen MR) is 93.5 cm³/mol. The van der Waals surface area contributed by atoms with E-state index >= 15 is 0 Å². The van der Waals surface area contributed by atoms with Gasteiger partial charge in [-0.3, -0.25) is 0 Å². The molecular formula is C18H23N3O3. The van der Waals surface area contributed by atoms with Gasteiger partial charge in [-0.05, 0) is 48.7 Å². The molecule has 6 heteroatoms. The number of aryl methyl sites for hydroxylation is 1. The quantitative estimate of drug-likeness (QED) is 0.884. The lowest BCUT2D eigenvalue weighted by Gasteiger charge is -2.28. The maximum Gasteiger partial charge on any atom is 0.319 e. The Morgan fingerprint density at radius 3 is 3.04 bits per heavy atom. The highest BCUT2D eigenvalue weighted by Gasteiger charge is 2.18. The Morgan fingerprint density at radius 1 is 1.42 bits per heavy atom. The largest absolute Gasteiger partial charge is 0.467 e. The molecule has 1 atom stereocenters. The molecule has 6 nitrogen and oxygen atoms in total. The zero-order valence-corrected chi connectivity index (χ0v) is 14.0. The number of amides is 2. The normalized spacial score (nSPS) is 14.8. The highest BCUT2D eigenvalue weighted by atomic mass is 16.5. The van der Waals surface area contributed by atoms with Crippen LogP contribution in [0.2, 0.25) is 0 Å². The highest BCUT2D eigenvalue weighted by Crippen LogP contribution is 2.28. The fourth-order valence-corrected chi connectivity index (χ4v) is 3.04. The molecule has 1 aromatic heterocycles. The van der Waals surface area contributed by atoms with Crippen molar-refractivity contribution in [3.63, 3.8) is 0 Å². The monoisotopic (exact) mass is 329 g/mol. The van der Waals surface area contributed by atoms with E-state index in [2.05, 4.69) is 28.6 Å². The number of hydrogen-bond donors (Lipinski definition) is 2. The molecule has 0 radical (unpaired) electrons. The summed E-state index contributed by atoms with van der Waals surface area (Å²) in [6, 6.07) is 9.03. The zero-order valence-electron chi connectivity index (χ0n) is 14.0. The van der Waals surface area contributed by atoms with Gasteiger partial charge in [-0.1, -0.05) is 0 Å². The SMILES string of the molecule is COC[C@H](NC(=O)Nc1ccc2c(c1)CCCN2C)c1ccco1. The van der Waals surface area contributed by atoms with Gasteiger partial charge in [0.15, 0.2) is 0 Å². The van der Waals surface area contributed by atoms with Gasteiger partial charge in [0.2, 0.25) is 0 Å². The number of nitrogens with zero attached hydrogens (tertiary/aromatic N) is 1. The maximum atomic E-state index is 12.3. The van der Waals surface area contributed by atoms with E-state index in [1.165, 1.54) is 11.3 Å². The average Bonchev–Trinajstić information content (AvgIpc) is 3.09. The van der Waals surface area contributed by atoms with Crippen LogP contribution in [0.25, 0.3) is 0 Å². The van der Waals surface area contributed by atoms with E-state index in [4.69, 9.17) is 9.15 Å². The van der Waals surface area contributed by atoms with Gasteiger partial charge in [-0.15, -0.1) is 0 Å². The van der Waals surface area contributed by atoms with Crippen LogP contribution in [0.15, 0.2) is 41.0 Å². The lowest BCUT2D eigenvalue weighted by atomic mass is 10.0. The van der Waals surface area contributed by atoms with Crippen molar-refractivity contribution in [1.29, 1.82) is 0 Å². The minimum atomic E-state index is -0.325. The van der Waals surface area contributed by atoms with Crippen molar-refractivity contribution < 1.29 is 13.9 Å². The van der Waals surface area contributed by atoms with E-state index in [0.29, 0.717) is 12.4 Å². The Bertz CT molecular complexity index is 685. The van der Waals surface area contributed by atoms with Gasteiger partial charge in [-0.2, -0.15) is 0 Å². The van der Waals surface area contributed by atoms with Crippen LogP contribution in [0.4, 0.5) is 16.2 Å². The maximum absolute atomic E-state index is 12.3. The molecule has 1 aliphatic heterocycles. The summed E-state index contributed by atoms with van der Waals surface area (Å²) in [6.45, 7) is 1.41. The molecule has 3 rings (SSSR count). The molecule has 2 aromatic rings. The Balaban J connectivity index is 1.66. The van der Waals surface area contributed by atoms with Crippen LogP contribution in [0, 0.1) is 0 Å². The Morgan fingerprint density at radius 2 is 2.29 bits per heavy atom. The number of fused-ring (bicyclic) bond motifs is 1. The molecule has 1 aliphatic rings. The number of carbonyl (C=O) groups is 1. The van der Waals surface area contributed by atoms with Gasteiger partial charge < -0.3 is 24.7 Å². The smallest absolute Gasteiger partial charge is 0.319 e. The van der Waals surface area contributed by atoms with Crippen molar-refractivity contribution in [2.75, 3.05) is 37.5 Å². The molecule has 0 aliphatic carbocycles. The Labute approximate surface area is 141 Å². The van der Waals surface area contributed by atoms with E-state index in [1.807, 2.05) is 18.2 Å². The molecule has 0 spiro atoms. The highest BCUT2D eigenvalue weighted by molar-refractivity contribution is 5.90. The van der Waals surface area contributed by atoms with Gasteiger partial charge >= 0.3 is 6.03 Å². The number of hydrogen-bond acceptors (Lipinski definition) is 4. The van der Waals surface area contributed by atoms with Gasteiger partial charge in [-0.25, -0.2) is 4.79 Å². The van der Waals surface area contributed by atoms with E-state index in [0.717, 1.165) is 25.1 Å². The number of nitrogens with one attached hydrogen (secondary N) is 2. The zero-order chi connectivity index (χ0) is 16.9. The second-order valence-electron chi connectivity index (χ2n) is 5.99. The third-order valence-electron chi connectivity index (χ3n) is 4.21. The number of furan rings is 1. The summed E-state index contributed by atoms with van der Waals surface area (Å²) in [5, 5.41) is 5.77. The summed E-state index contributed by atoms with van der Waals surface area (Å²) in [4.78, 5) is 14.5. The van der Waals surface area contributed by atoms with Gasteiger partial charge in [0, 0.05) is 32.1 Å². The molecule has 128 valence electrons. The summed E-state index contributed by atoms with van der Waals surface area (Å²) in [5.41, 5.74) is 3.29. The lowest BCUT2D eigenvalue weighted by Crippen LogP contribution is -2.34. The second kappa shape index (κ2) is 7.40. The first-order valence-corrected chi connectivity index (χ1v) is 8.11. The molecule has 0 saturated heterocycles. The van der Waals surface area contributed by atoms with Crippen LogP contribution in [0.3, 0.4) is 0 Å². The molecule has 0 saturated carbocycles. The van der Waals surface area contributed by atoms with E-state index < -0.39 is 0 Å². The van der Waals surface area contributed by atoms with E-state index in [-0.39, 0.29) is 12.1 Å². The Hall–Kier alpha value is -2.47. The lowest BCUT2D eigenvalue weighted by molar-refractivity contribution is 0.159. The van der Waals surface area contributed by atoms with Gasteiger partial charge in [0.1, 0.15) is 11.8 Å². The van der Waals surface area contributed by atoms with Crippen LogP contribution in [-0.2, 0) is 11.2 Å². The molecule has 2 heterocycles. The fourth-order valence-electron chi connectivity index (χ4n) is 3.04. The van der Waals surface area contributed by atoms with Crippen LogP contribution in [0.5, 0.6) is 0 Å². The van der Waals surface area contributed by atoms with Gasteiger partial charge in [0.05, 0.1) is 12.9 Å². The van der Waals surface area contributed by atoms with Crippen molar-refractivity contribution in [1.82, 2.24) is 5.32 Å². The standard InChI is InChI=1S/C18H23N3O3/c1-21-9-3-5-13-11-14(7-8-16(13)21)19-18(22)20-15(12-23-2)17-6-4-10-24-17/h4,6-8,10-11,15H,3,5,9,12H2,1-2H3,(H2,19,20,22)/t15-/m0/s1. The molecule has 2 N–H and O–H groups in total. The summed E-state index contributed by atoms with van der Waals surface area (Å²) in [6.07, 6.45) is 3.75. The number of methoxy groups -OCH3 is 1. The van der Waals surface area contributed by atoms with E-state index in [9.17, 15) is 4.79 Å². The number of urea groups is 1.